The van der Waals surface area contributed by atoms with Crippen molar-refractivity contribution in [3.05, 3.63) is 17.7 Å². The van der Waals surface area contributed by atoms with Gasteiger partial charge in [-0.1, -0.05) is 0 Å². The Hall–Kier alpha value is -1.91. The SMILES string of the molecule is CCN(CC)c1cc(NC)c(N)cc1C(=O)OC. The van der Waals surface area contributed by atoms with Gasteiger partial charge in [0.2, 0.25) is 0 Å². The van der Waals surface area contributed by atoms with Gasteiger partial charge in [-0.15, -0.1) is 0 Å². The van der Waals surface area contributed by atoms with Crippen molar-refractivity contribution in [2.45, 2.75) is 13.8 Å². The molecule has 5 heteroatoms. The maximum atomic E-state index is 11.8. The van der Waals surface area contributed by atoms with Gasteiger partial charge in [-0.2, -0.15) is 0 Å². The fourth-order valence-corrected chi connectivity index (χ4v) is 1.92. The Labute approximate surface area is 108 Å². The smallest absolute Gasteiger partial charge is 0.340 e. The third kappa shape index (κ3) is 2.67. The van der Waals surface area contributed by atoms with Crippen LogP contribution in [0.25, 0.3) is 0 Å². The summed E-state index contributed by atoms with van der Waals surface area (Å²) in [5.41, 5.74) is 8.57. The van der Waals surface area contributed by atoms with Crippen LogP contribution in [-0.2, 0) is 4.74 Å². The van der Waals surface area contributed by atoms with E-state index < -0.39 is 0 Å². The first kappa shape index (κ1) is 14.2. The van der Waals surface area contributed by atoms with Crippen LogP contribution >= 0.6 is 0 Å². The molecular formula is C13H21N3O2. The van der Waals surface area contributed by atoms with E-state index in [1.807, 2.05) is 19.9 Å². The molecule has 0 aromatic heterocycles. The minimum absolute atomic E-state index is 0.369. The lowest BCUT2D eigenvalue weighted by molar-refractivity contribution is 0.0601. The average Bonchev–Trinajstić information content (AvgIpc) is 2.40. The van der Waals surface area contributed by atoms with E-state index >= 15 is 0 Å². The molecule has 5 nitrogen and oxygen atoms in total. The summed E-state index contributed by atoms with van der Waals surface area (Å²) in [4.78, 5) is 13.9. The van der Waals surface area contributed by atoms with E-state index in [-0.39, 0.29) is 5.97 Å². The molecule has 0 bridgehead atoms. The molecule has 18 heavy (non-hydrogen) atoms. The molecule has 0 saturated carbocycles. The van der Waals surface area contributed by atoms with Gasteiger partial charge in [-0.3, -0.25) is 0 Å². The number of esters is 1. The summed E-state index contributed by atoms with van der Waals surface area (Å²) in [6, 6.07) is 3.54. The molecule has 1 aromatic carbocycles. The number of carbonyl (C=O) groups is 1. The second-order valence-corrected chi connectivity index (χ2v) is 3.87. The molecule has 100 valence electrons. The van der Waals surface area contributed by atoms with Crippen LogP contribution in [-0.4, -0.2) is 33.2 Å². The van der Waals surface area contributed by atoms with Crippen molar-refractivity contribution in [2.75, 3.05) is 43.2 Å². The van der Waals surface area contributed by atoms with Crippen LogP contribution in [0.5, 0.6) is 0 Å². The standard InChI is InChI=1S/C13H21N3O2/c1-5-16(6-2)12-8-11(15-3)10(14)7-9(12)13(17)18-4/h7-8,15H,5-6,14H2,1-4H3. The van der Waals surface area contributed by atoms with Crippen LogP contribution in [0.4, 0.5) is 17.1 Å². The summed E-state index contributed by atoms with van der Waals surface area (Å²) in [6.45, 7) is 5.71. The zero-order chi connectivity index (χ0) is 13.7. The van der Waals surface area contributed by atoms with Gasteiger partial charge in [0.15, 0.2) is 0 Å². The summed E-state index contributed by atoms with van der Waals surface area (Å²) in [6.07, 6.45) is 0. The average molecular weight is 251 g/mol. The normalized spacial score (nSPS) is 10.0. The van der Waals surface area contributed by atoms with Crippen molar-refractivity contribution < 1.29 is 9.53 Å². The van der Waals surface area contributed by atoms with E-state index in [4.69, 9.17) is 10.5 Å². The molecule has 0 fully saturated rings. The molecule has 0 aliphatic heterocycles. The van der Waals surface area contributed by atoms with Gasteiger partial charge in [-0.25, -0.2) is 4.79 Å². The summed E-state index contributed by atoms with van der Waals surface area (Å²) >= 11 is 0. The molecule has 0 aliphatic rings. The molecule has 0 unspecified atom stereocenters. The van der Waals surface area contributed by atoms with Crippen molar-refractivity contribution in [2.24, 2.45) is 0 Å². The largest absolute Gasteiger partial charge is 0.465 e. The molecular weight excluding hydrogens is 230 g/mol. The number of nitrogens with zero attached hydrogens (tertiary/aromatic N) is 1. The molecule has 0 aliphatic carbocycles. The topological polar surface area (TPSA) is 67.6 Å². The quantitative estimate of drug-likeness (QED) is 0.618. The van der Waals surface area contributed by atoms with Crippen LogP contribution in [0.15, 0.2) is 12.1 Å². The number of nitrogens with one attached hydrogen (secondary N) is 1. The predicted molar refractivity (Wildman–Crippen MR) is 75.3 cm³/mol. The van der Waals surface area contributed by atoms with Crippen molar-refractivity contribution in [1.82, 2.24) is 0 Å². The highest BCUT2D eigenvalue weighted by atomic mass is 16.5. The van der Waals surface area contributed by atoms with Gasteiger partial charge in [-0.05, 0) is 26.0 Å². The van der Waals surface area contributed by atoms with Crippen LogP contribution < -0.4 is 16.0 Å². The fraction of sp³-hybridized carbons (Fsp3) is 0.462. The monoisotopic (exact) mass is 251 g/mol. The van der Waals surface area contributed by atoms with Gasteiger partial charge in [0.1, 0.15) is 0 Å². The highest BCUT2D eigenvalue weighted by Gasteiger charge is 2.18. The van der Waals surface area contributed by atoms with Crippen LogP contribution in [0.1, 0.15) is 24.2 Å². The van der Waals surface area contributed by atoms with E-state index in [1.165, 1.54) is 7.11 Å². The molecule has 0 amide bonds. The number of benzene rings is 1. The van der Waals surface area contributed by atoms with Crippen molar-refractivity contribution in [3.63, 3.8) is 0 Å². The third-order valence-corrected chi connectivity index (χ3v) is 2.95. The molecule has 3 N–H and O–H groups in total. The Balaban J connectivity index is 3.38. The highest BCUT2D eigenvalue weighted by molar-refractivity contribution is 5.98. The number of anilines is 3. The van der Waals surface area contributed by atoms with Crippen LogP contribution in [0.3, 0.4) is 0 Å². The predicted octanol–water partition coefficient (Wildman–Crippen LogP) is 1.94. The second kappa shape index (κ2) is 6.14. The first-order chi connectivity index (χ1) is 8.58. The van der Waals surface area contributed by atoms with Crippen molar-refractivity contribution in [1.29, 1.82) is 0 Å². The Morgan fingerprint density at radius 3 is 2.44 bits per heavy atom. The molecule has 0 saturated heterocycles. The molecule has 0 radical (unpaired) electrons. The Morgan fingerprint density at radius 2 is 2.00 bits per heavy atom. The maximum Gasteiger partial charge on any atom is 0.340 e. The van der Waals surface area contributed by atoms with Crippen molar-refractivity contribution >= 4 is 23.0 Å². The molecule has 0 atom stereocenters. The van der Waals surface area contributed by atoms with Crippen LogP contribution in [0.2, 0.25) is 0 Å². The first-order valence-corrected chi connectivity index (χ1v) is 6.03. The minimum atomic E-state index is -0.369. The Kier molecular flexibility index (Phi) is 4.83. The maximum absolute atomic E-state index is 11.8. The van der Waals surface area contributed by atoms with E-state index in [0.717, 1.165) is 24.5 Å². The highest BCUT2D eigenvalue weighted by Crippen LogP contribution is 2.30. The van der Waals surface area contributed by atoms with Gasteiger partial charge in [0.25, 0.3) is 0 Å². The number of methoxy groups -OCH3 is 1. The first-order valence-electron chi connectivity index (χ1n) is 6.03. The molecule has 1 aromatic rings. The van der Waals surface area contributed by atoms with Gasteiger partial charge in [0.05, 0.1) is 29.7 Å². The number of nitrogens with two attached hydrogens (primary N) is 1. The Morgan fingerprint density at radius 1 is 1.39 bits per heavy atom. The van der Waals surface area contributed by atoms with Gasteiger partial charge < -0.3 is 20.7 Å². The summed E-state index contributed by atoms with van der Waals surface area (Å²) in [7, 11) is 3.17. The number of nitrogen functional groups attached to an aromatic ring is 1. The lowest BCUT2D eigenvalue weighted by Crippen LogP contribution is -2.24. The molecule has 0 heterocycles. The van der Waals surface area contributed by atoms with E-state index in [0.29, 0.717) is 11.3 Å². The summed E-state index contributed by atoms with van der Waals surface area (Å²) in [5.74, 6) is -0.369. The minimum Gasteiger partial charge on any atom is -0.465 e. The van der Waals surface area contributed by atoms with E-state index in [9.17, 15) is 4.79 Å². The summed E-state index contributed by atoms with van der Waals surface area (Å²) in [5, 5.41) is 3.02. The lowest BCUT2D eigenvalue weighted by atomic mass is 10.1. The molecule has 1 rings (SSSR count). The second-order valence-electron chi connectivity index (χ2n) is 3.87. The van der Waals surface area contributed by atoms with Crippen molar-refractivity contribution in [3.8, 4) is 0 Å². The van der Waals surface area contributed by atoms with E-state index in [1.54, 1.807) is 13.1 Å². The summed E-state index contributed by atoms with van der Waals surface area (Å²) < 4.78 is 4.80. The fourth-order valence-electron chi connectivity index (χ4n) is 1.92. The Bertz CT molecular complexity index is 428. The lowest BCUT2D eigenvalue weighted by Gasteiger charge is -2.24. The number of hydrogen-bond donors (Lipinski definition) is 2. The zero-order valence-corrected chi connectivity index (χ0v) is 11.4. The van der Waals surface area contributed by atoms with Gasteiger partial charge >= 0.3 is 5.97 Å². The van der Waals surface area contributed by atoms with E-state index in [2.05, 4.69) is 10.2 Å². The number of carbonyl (C=O) groups excluding carboxylic acids is 1. The van der Waals surface area contributed by atoms with Crippen LogP contribution in [0, 0.1) is 0 Å². The third-order valence-electron chi connectivity index (χ3n) is 2.95. The number of rotatable bonds is 5. The zero-order valence-electron chi connectivity index (χ0n) is 11.4. The number of ether oxygens (including phenoxy) is 1. The molecule has 0 spiro atoms. The number of hydrogen-bond acceptors (Lipinski definition) is 5. The van der Waals surface area contributed by atoms with Gasteiger partial charge in [0, 0.05) is 20.1 Å².